The van der Waals surface area contributed by atoms with Crippen LogP contribution in [0, 0.1) is 10.1 Å². The maximum atomic E-state index is 12.6. The third-order valence-corrected chi connectivity index (χ3v) is 5.06. The van der Waals surface area contributed by atoms with Crippen molar-refractivity contribution in [2.24, 2.45) is 0 Å². The molecule has 2 aromatic carbocycles. The Morgan fingerprint density at radius 3 is 2.30 bits per heavy atom. The molecular weight excluding hydrogens is 346 g/mol. The highest BCUT2D eigenvalue weighted by atomic mass is 35.5. The Labute approximate surface area is 136 Å². The maximum Gasteiger partial charge on any atom is 0.338 e. The summed E-state index contributed by atoms with van der Waals surface area (Å²) in [6.07, 6.45) is 0. The minimum absolute atomic E-state index is 0.116. The fourth-order valence-electron chi connectivity index (χ4n) is 1.87. The molecule has 0 spiro atoms. The number of rotatable bonds is 4. The molecule has 0 bridgehead atoms. The summed E-state index contributed by atoms with van der Waals surface area (Å²) in [7, 11) is -3.02. The van der Waals surface area contributed by atoms with Gasteiger partial charge in [0.1, 0.15) is 4.90 Å². The molecule has 120 valence electrons. The molecule has 0 N–H and O–H groups in total. The summed E-state index contributed by atoms with van der Waals surface area (Å²) in [6.45, 7) is 0. The molecule has 0 fully saturated rings. The van der Waals surface area contributed by atoms with Crippen molar-refractivity contribution in [1.82, 2.24) is 0 Å². The van der Waals surface area contributed by atoms with Crippen molar-refractivity contribution >= 4 is 33.1 Å². The lowest BCUT2D eigenvalue weighted by atomic mass is 10.2. The van der Waals surface area contributed by atoms with Gasteiger partial charge >= 0.3 is 5.97 Å². The number of nitro benzene ring substituents is 1. The molecule has 0 atom stereocenters. The normalized spacial score (nSPS) is 11.0. The number of methoxy groups -OCH3 is 1. The second-order valence-corrected chi connectivity index (χ2v) is 6.74. The number of benzene rings is 2. The first kappa shape index (κ1) is 16.9. The SMILES string of the molecule is COC(=O)c1ccc(S(=O)(=O)c2ccc(Cl)cc2)c([N+](=O)[O-])c1. The van der Waals surface area contributed by atoms with Crippen LogP contribution >= 0.6 is 11.6 Å². The molecule has 2 aromatic rings. The monoisotopic (exact) mass is 355 g/mol. The second kappa shape index (κ2) is 6.35. The number of halogens is 1. The lowest BCUT2D eigenvalue weighted by Gasteiger charge is -2.07. The first-order valence-corrected chi connectivity index (χ1v) is 8.01. The molecule has 7 nitrogen and oxygen atoms in total. The molecule has 0 aliphatic heterocycles. The molecule has 0 aliphatic rings. The van der Waals surface area contributed by atoms with E-state index in [4.69, 9.17) is 11.6 Å². The summed E-state index contributed by atoms with van der Waals surface area (Å²) in [5.41, 5.74) is -0.822. The topological polar surface area (TPSA) is 104 Å². The quantitative estimate of drug-likeness (QED) is 0.474. The number of sulfone groups is 1. The largest absolute Gasteiger partial charge is 0.465 e. The Morgan fingerprint density at radius 1 is 1.17 bits per heavy atom. The highest BCUT2D eigenvalue weighted by Crippen LogP contribution is 2.31. The van der Waals surface area contributed by atoms with Gasteiger partial charge in [-0.25, -0.2) is 13.2 Å². The van der Waals surface area contributed by atoms with Crippen molar-refractivity contribution in [3.8, 4) is 0 Å². The van der Waals surface area contributed by atoms with Gasteiger partial charge in [0.15, 0.2) is 0 Å². The first-order valence-electron chi connectivity index (χ1n) is 6.15. The minimum atomic E-state index is -4.13. The van der Waals surface area contributed by atoms with Crippen molar-refractivity contribution < 1.29 is 22.9 Å². The fourth-order valence-corrected chi connectivity index (χ4v) is 3.40. The van der Waals surface area contributed by atoms with Gasteiger partial charge in [-0.3, -0.25) is 10.1 Å². The number of carbonyl (C=O) groups excluding carboxylic acids is 1. The van der Waals surface area contributed by atoms with E-state index in [1.54, 1.807) is 0 Å². The van der Waals surface area contributed by atoms with Crippen molar-refractivity contribution in [3.05, 3.63) is 63.2 Å². The van der Waals surface area contributed by atoms with Crippen LogP contribution in [0.2, 0.25) is 5.02 Å². The number of nitro groups is 1. The zero-order valence-corrected chi connectivity index (χ0v) is 13.3. The molecule has 2 rings (SSSR count). The second-order valence-electron chi connectivity index (χ2n) is 4.39. The van der Waals surface area contributed by atoms with Gasteiger partial charge in [-0.15, -0.1) is 0 Å². The van der Waals surface area contributed by atoms with E-state index in [-0.39, 0.29) is 10.5 Å². The summed E-state index contributed by atoms with van der Waals surface area (Å²) in [4.78, 5) is 21.1. The van der Waals surface area contributed by atoms with Gasteiger partial charge < -0.3 is 4.74 Å². The molecule has 0 aliphatic carbocycles. The van der Waals surface area contributed by atoms with Gasteiger partial charge in [-0.1, -0.05) is 11.6 Å². The average molecular weight is 356 g/mol. The van der Waals surface area contributed by atoms with Gasteiger partial charge in [0, 0.05) is 11.1 Å². The summed E-state index contributed by atoms with van der Waals surface area (Å²) in [5.74, 6) is -0.802. The lowest BCUT2D eigenvalue weighted by Crippen LogP contribution is -2.08. The highest BCUT2D eigenvalue weighted by molar-refractivity contribution is 7.91. The van der Waals surface area contributed by atoms with Crippen LogP contribution in [0.25, 0.3) is 0 Å². The van der Waals surface area contributed by atoms with Crippen molar-refractivity contribution in [2.75, 3.05) is 7.11 Å². The number of nitrogens with zero attached hydrogens (tertiary/aromatic N) is 1. The summed E-state index contributed by atoms with van der Waals surface area (Å²) < 4.78 is 29.6. The van der Waals surface area contributed by atoms with Gasteiger partial charge in [-0.05, 0) is 36.4 Å². The predicted octanol–water partition coefficient (Wildman–Crippen LogP) is 2.87. The van der Waals surface area contributed by atoms with Crippen LogP contribution in [0.3, 0.4) is 0 Å². The van der Waals surface area contributed by atoms with E-state index >= 15 is 0 Å². The molecule has 9 heteroatoms. The van der Waals surface area contributed by atoms with Crippen LogP contribution < -0.4 is 0 Å². The van der Waals surface area contributed by atoms with Crippen LogP contribution in [-0.2, 0) is 14.6 Å². The van der Waals surface area contributed by atoms with Crippen molar-refractivity contribution in [2.45, 2.75) is 9.79 Å². The van der Waals surface area contributed by atoms with E-state index in [1.165, 1.54) is 24.3 Å². The Balaban J connectivity index is 2.64. The fraction of sp³-hybridized carbons (Fsp3) is 0.0714. The number of esters is 1. The average Bonchev–Trinajstić information content (AvgIpc) is 2.53. The molecular formula is C14H10ClNO6S. The van der Waals surface area contributed by atoms with Gasteiger partial charge in [0.2, 0.25) is 9.84 Å². The number of hydrogen-bond acceptors (Lipinski definition) is 6. The van der Waals surface area contributed by atoms with E-state index in [9.17, 15) is 23.3 Å². The highest BCUT2D eigenvalue weighted by Gasteiger charge is 2.28. The Morgan fingerprint density at radius 2 is 1.78 bits per heavy atom. The van der Waals surface area contributed by atoms with Crippen LogP contribution in [0.15, 0.2) is 52.3 Å². The molecule has 23 heavy (non-hydrogen) atoms. The van der Waals surface area contributed by atoms with E-state index < -0.39 is 31.3 Å². The van der Waals surface area contributed by atoms with E-state index in [0.29, 0.717) is 5.02 Å². The third-order valence-electron chi connectivity index (χ3n) is 2.99. The summed E-state index contributed by atoms with van der Waals surface area (Å²) in [5, 5.41) is 11.5. The Kier molecular flexibility index (Phi) is 4.67. The molecule has 0 saturated heterocycles. The van der Waals surface area contributed by atoms with E-state index in [2.05, 4.69) is 4.74 Å². The zero-order chi connectivity index (χ0) is 17.2. The molecule has 0 unspecified atom stereocenters. The van der Waals surface area contributed by atoms with Crippen molar-refractivity contribution in [1.29, 1.82) is 0 Å². The standard InChI is InChI=1S/C14H10ClNO6S/c1-22-14(17)9-2-7-13(12(8-9)16(18)19)23(20,21)11-5-3-10(15)4-6-11/h2-8H,1H3. The Bertz CT molecular complexity index is 877. The lowest BCUT2D eigenvalue weighted by molar-refractivity contribution is -0.387. The molecule has 0 aromatic heterocycles. The minimum Gasteiger partial charge on any atom is -0.465 e. The van der Waals surface area contributed by atoms with Gasteiger partial charge in [0.25, 0.3) is 5.69 Å². The van der Waals surface area contributed by atoms with Crippen LogP contribution in [0.1, 0.15) is 10.4 Å². The number of hydrogen-bond donors (Lipinski definition) is 0. The van der Waals surface area contributed by atoms with Crippen LogP contribution in [0.5, 0.6) is 0 Å². The van der Waals surface area contributed by atoms with E-state index in [1.807, 2.05) is 0 Å². The maximum absolute atomic E-state index is 12.6. The van der Waals surface area contributed by atoms with Crippen LogP contribution in [0.4, 0.5) is 5.69 Å². The molecule has 0 saturated carbocycles. The number of carbonyl (C=O) groups is 1. The summed E-state index contributed by atoms with van der Waals surface area (Å²) >= 11 is 5.71. The van der Waals surface area contributed by atoms with E-state index in [0.717, 1.165) is 25.3 Å². The number of ether oxygens (including phenoxy) is 1. The molecule has 0 heterocycles. The zero-order valence-electron chi connectivity index (χ0n) is 11.7. The first-order chi connectivity index (χ1) is 10.8. The van der Waals surface area contributed by atoms with Crippen molar-refractivity contribution in [3.63, 3.8) is 0 Å². The van der Waals surface area contributed by atoms with Gasteiger partial charge in [-0.2, -0.15) is 0 Å². The smallest absolute Gasteiger partial charge is 0.338 e. The third kappa shape index (κ3) is 3.33. The predicted molar refractivity (Wildman–Crippen MR) is 81.3 cm³/mol. The van der Waals surface area contributed by atoms with Gasteiger partial charge in [0.05, 0.1) is 22.5 Å². The van der Waals surface area contributed by atoms with Crippen LogP contribution in [-0.4, -0.2) is 26.4 Å². The summed E-state index contributed by atoms with van der Waals surface area (Å²) in [6, 6.07) is 8.25. The molecule has 0 amide bonds. The Hall–Kier alpha value is -2.45. The molecule has 0 radical (unpaired) electrons.